The molecule has 4 nitrogen and oxygen atoms in total. The zero-order chi connectivity index (χ0) is 14.7. The number of hydrogen-bond donors (Lipinski definition) is 2. The fraction of sp³-hybridized carbons (Fsp3) is 0.471. The maximum atomic E-state index is 12.1. The van der Waals surface area contributed by atoms with Crippen LogP contribution >= 0.6 is 0 Å². The standard InChI is InChI=1S/C17H22N2O2/c1-12(14-8-9-21-11-14)19-17(20)7-6-13-10-18-16-5-3-2-4-15(13)16/h2-5,10,12,14,18H,6-9,11H2,1H3,(H,19,20). The van der Waals surface area contributed by atoms with Gasteiger partial charge in [-0.15, -0.1) is 0 Å². The Labute approximate surface area is 124 Å². The molecule has 2 heterocycles. The molecule has 0 saturated carbocycles. The molecule has 0 spiro atoms. The van der Waals surface area contributed by atoms with E-state index in [0.717, 1.165) is 31.6 Å². The van der Waals surface area contributed by atoms with Crippen LogP contribution in [-0.2, 0) is 16.0 Å². The first-order valence-corrected chi connectivity index (χ1v) is 7.66. The van der Waals surface area contributed by atoms with Gasteiger partial charge >= 0.3 is 0 Å². The van der Waals surface area contributed by atoms with Gasteiger partial charge in [0.15, 0.2) is 0 Å². The van der Waals surface area contributed by atoms with Gasteiger partial charge in [-0.1, -0.05) is 18.2 Å². The lowest BCUT2D eigenvalue weighted by atomic mass is 10.0. The van der Waals surface area contributed by atoms with Crippen molar-refractivity contribution in [3.8, 4) is 0 Å². The number of amides is 1. The monoisotopic (exact) mass is 286 g/mol. The Morgan fingerprint density at radius 3 is 3.14 bits per heavy atom. The first-order valence-electron chi connectivity index (χ1n) is 7.66. The van der Waals surface area contributed by atoms with Crippen molar-refractivity contribution >= 4 is 16.8 Å². The van der Waals surface area contributed by atoms with Gasteiger partial charge in [-0.25, -0.2) is 0 Å². The lowest BCUT2D eigenvalue weighted by molar-refractivity contribution is -0.122. The molecule has 2 aromatic rings. The van der Waals surface area contributed by atoms with Crippen molar-refractivity contribution in [2.24, 2.45) is 5.92 Å². The van der Waals surface area contributed by atoms with Gasteiger partial charge in [-0.3, -0.25) is 4.79 Å². The summed E-state index contributed by atoms with van der Waals surface area (Å²) in [4.78, 5) is 15.3. The lowest BCUT2D eigenvalue weighted by Crippen LogP contribution is -2.38. The first kappa shape index (κ1) is 14.1. The number of rotatable bonds is 5. The number of para-hydroxylation sites is 1. The minimum Gasteiger partial charge on any atom is -0.381 e. The molecule has 2 unspecified atom stereocenters. The summed E-state index contributed by atoms with van der Waals surface area (Å²) in [7, 11) is 0. The smallest absolute Gasteiger partial charge is 0.220 e. The van der Waals surface area contributed by atoms with Crippen LogP contribution in [0.15, 0.2) is 30.5 Å². The molecule has 2 atom stereocenters. The molecule has 21 heavy (non-hydrogen) atoms. The van der Waals surface area contributed by atoms with Crippen LogP contribution in [0.5, 0.6) is 0 Å². The van der Waals surface area contributed by atoms with Crippen LogP contribution in [0.3, 0.4) is 0 Å². The number of aromatic amines is 1. The highest BCUT2D eigenvalue weighted by Crippen LogP contribution is 2.19. The van der Waals surface area contributed by atoms with E-state index < -0.39 is 0 Å². The molecule has 112 valence electrons. The predicted molar refractivity (Wildman–Crippen MR) is 83.2 cm³/mol. The first-order chi connectivity index (χ1) is 10.2. The molecule has 0 aliphatic carbocycles. The number of aromatic nitrogens is 1. The molecule has 1 saturated heterocycles. The van der Waals surface area contributed by atoms with E-state index in [9.17, 15) is 4.79 Å². The van der Waals surface area contributed by atoms with Crippen LogP contribution in [0.1, 0.15) is 25.3 Å². The number of nitrogens with one attached hydrogen (secondary N) is 2. The average Bonchev–Trinajstić information content (AvgIpc) is 3.15. The lowest BCUT2D eigenvalue weighted by Gasteiger charge is -2.19. The molecule has 2 N–H and O–H groups in total. The maximum Gasteiger partial charge on any atom is 0.220 e. The van der Waals surface area contributed by atoms with Crippen molar-refractivity contribution in [1.29, 1.82) is 0 Å². The zero-order valence-corrected chi connectivity index (χ0v) is 12.4. The largest absolute Gasteiger partial charge is 0.381 e. The Bertz CT molecular complexity index is 614. The summed E-state index contributed by atoms with van der Waals surface area (Å²) in [5, 5.41) is 4.31. The molecule has 1 aliphatic rings. The number of hydrogen-bond acceptors (Lipinski definition) is 2. The molecule has 1 aromatic heterocycles. The highest BCUT2D eigenvalue weighted by Gasteiger charge is 2.23. The van der Waals surface area contributed by atoms with Crippen molar-refractivity contribution in [2.45, 2.75) is 32.2 Å². The third kappa shape index (κ3) is 3.27. The minimum atomic E-state index is 0.125. The van der Waals surface area contributed by atoms with E-state index in [1.54, 1.807) is 0 Å². The number of benzene rings is 1. The third-order valence-electron chi connectivity index (χ3n) is 4.36. The molecular weight excluding hydrogens is 264 g/mol. The van der Waals surface area contributed by atoms with Gasteiger partial charge in [0.05, 0.1) is 6.61 Å². The van der Waals surface area contributed by atoms with Gasteiger partial charge in [-0.2, -0.15) is 0 Å². The van der Waals surface area contributed by atoms with E-state index in [2.05, 4.69) is 29.4 Å². The van der Waals surface area contributed by atoms with E-state index in [1.165, 1.54) is 10.9 Å². The van der Waals surface area contributed by atoms with Crippen LogP contribution in [0, 0.1) is 5.92 Å². The normalized spacial score (nSPS) is 19.8. The Kier molecular flexibility index (Phi) is 4.25. The zero-order valence-electron chi connectivity index (χ0n) is 12.4. The van der Waals surface area contributed by atoms with Gasteiger partial charge in [0, 0.05) is 42.1 Å². The van der Waals surface area contributed by atoms with Crippen LogP contribution in [0.4, 0.5) is 0 Å². The Morgan fingerprint density at radius 1 is 1.48 bits per heavy atom. The predicted octanol–water partition coefficient (Wildman–Crippen LogP) is 2.64. The second-order valence-corrected chi connectivity index (χ2v) is 5.84. The topological polar surface area (TPSA) is 54.1 Å². The number of H-pyrrole nitrogens is 1. The summed E-state index contributed by atoms with van der Waals surface area (Å²) >= 11 is 0. The van der Waals surface area contributed by atoms with Crippen LogP contribution in [0.25, 0.3) is 10.9 Å². The number of ether oxygens (including phenoxy) is 1. The quantitative estimate of drug-likeness (QED) is 0.888. The molecule has 0 bridgehead atoms. The van der Waals surface area contributed by atoms with Crippen LogP contribution in [-0.4, -0.2) is 30.1 Å². The van der Waals surface area contributed by atoms with Crippen LogP contribution < -0.4 is 5.32 Å². The second-order valence-electron chi connectivity index (χ2n) is 5.84. The van der Waals surface area contributed by atoms with E-state index in [-0.39, 0.29) is 11.9 Å². The van der Waals surface area contributed by atoms with E-state index in [1.807, 2.05) is 18.3 Å². The Balaban J connectivity index is 1.53. The molecule has 1 fully saturated rings. The molecule has 1 aromatic carbocycles. The fourth-order valence-corrected chi connectivity index (χ4v) is 2.98. The molecule has 1 aliphatic heterocycles. The molecular formula is C17H22N2O2. The second kappa shape index (κ2) is 6.31. The number of fused-ring (bicyclic) bond motifs is 1. The summed E-state index contributed by atoms with van der Waals surface area (Å²) in [5.74, 6) is 0.585. The third-order valence-corrected chi connectivity index (χ3v) is 4.36. The van der Waals surface area contributed by atoms with Crippen LogP contribution in [0.2, 0.25) is 0 Å². The van der Waals surface area contributed by atoms with Crippen molar-refractivity contribution in [3.63, 3.8) is 0 Å². The number of carbonyl (C=O) groups excluding carboxylic acids is 1. The Morgan fingerprint density at radius 2 is 2.33 bits per heavy atom. The summed E-state index contributed by atoms with van der Waals surface area (Å²) in [6, 6.07) is 8.39. The summed E-state index contributed by atoms with van der Waals surface area (Å²) in [5.41, 5.74) is 2.34. The minimum absolute atomic E-state index is 0.125. The van der Waals surface area contributed by atoms with Crippen molar-refractivity contribution < 1.29 is 9.53 Å². The summed E-state index contributed by atoms with van der Waals surface area (Å²) in [6.07, 6.45) is 4.35. The van der Waals surface area contributed by atoms with Gasteiger partial charge < -0.3 is 15.0 Å². The maximum absolute atomic E-state index is 12.1. The van der Waals surface area contributed by atoms with Gasteiger partial charge in [0.25, 0.3) is 0 Å². The van der Waals surface area contributed by atoms with Gasteiger partial charge in [0.2, 0.25) is 5.91 Å². The van der Waals surface area contributed by atoms with Crippen molar-refractivity contribution in [1.82, 2.24) is 10.3 Å². The molecule has 0 radical (unpaired) electrons. The Hall–Kier alpha value is -1.81. The van der Waals surface area contributed by atoms with Crippen molar-refractivity contribution in [2.75, 3.05) is 13.2 Å². The van der Waals surface area contributed by atoms with E-state index in [0.29, 0.717) is 12.3 Å². The highest BCUT2D eigenvalue weighted by molar-refractivity contribution is 5.84. The van der Waals surface area contributed by atoms with Crippen molar-refractivity contribution in [3.05, 3.63) is 36.0 Å². The summed E-state index contributed by atoms with van der Waals surface area (Å²) < 4.78 is 5.37. The molecule has 3 rings (SSSR count). The molecule has 1 amide bonds. The fourth-order valence-electron chi connectivity index (χ4n) is 2.98. The van der Waals surface area contributed by atoms with Gasteiger partial charge in [0.1, 0.15) is 0 Å². The highest BCUT2D eigenvalue weighted by atomic mass is 16.5. The van der Waals surface area contributed by atoms with E-state index in [4.69, 9.17) is 4.74 Å². The average molecular weight is 286 g/mol. The SMILES string of the molecule is CC(NC(=O)CCc1c[nH]c2ccccc12)C1CCOC1. The number of carbonyl (C=O) groups is 1. The van der Waals surface area contributed by atoms with E-state index >= 15 is 0 Å². The summed E-state index contributed by atoms with van der Waals surface area (Å²) in [6.45, 7) is 3.66. The van der Waals surface area contributed by atoms with Gasteiger partial charge in [-0.05, 0) is 31.4 Å². The number of aryl methyl sites for hydroxylation is 1. The molecule has 4 heteroatoms.